The maximum atomic E-state index is 9.69. The second-order valence-electron chi connectivity index (χ2n) is 3.92. The maximum absolute atomic E-state index is 9.69. The largest absolute Gasteiger partial charge is 0.483 e. The van der Waals surface area contributed by atoms with Crippen LogP contribution in [0.3, 0.4) is 0 Å². The molecule has 1 heterocycles. The Labute approximate surface area is 83.3 Å². The van der Waals surface area contributed by atoms with Crippen LogP contribution in [-0.2, 0) is 0 Å². The Kier molecular flexibility index (Phi) is 1.93. The third-order valence-electron chi connectivity index (χ3n) is 2.31. The normalized spacial score (nSPS) is 24.9. The molecule has 3 nitrogen and oxygen atoms in total. The Morgan fingerprint density at radius 1 is 1.21 bits per heavy atom. The highest BCUT2D eigenvalue weighted by Gasteiger charge is 2.31. The smallest absolute Gasteiger partial charge is 0.239 e. The molecule has 76 valence electrons. The van der Waals surface area contributed by atoms with Crippen molar-refractivity contribution >= 4 is 0 Å². The van der Waals surface area contributed by atoms with Crippen molar-refractivity contribution in [3.8, 4) is 11.5 Å². The molecule has 1 atom stereocenters. The van der Waals surface area contributed by atoms with E-state index >= 15 is 0 Å². The summed E-state index contributed by atoms with van der Waals surface area (Å²) >= 11 is 0. The molecule has 0 saturated heterocycles. The lowest BCUT2D eigenvalue weighted by atomic mass is 10.1. The van der Waals surface area contributed by atoms with Crippen molar-refractivity contribution < 1.29 is 14.6 Å². The molecule has 0 radical (unpaired) electrons. The number of fused-ring (bicyclic) bond motifs is 1. The Hall–Kier alpha value is -1.22. The van der Waals surface area contributed by atoms with Crippen LogP contribution in [0, 0.1) is 13.8 Å². The van der Waals surface area contributed by atoms with Crippen LogP contribution in [0.15, 0.2) is 12.1 Å². The van der Waals surface area contributed by atoms with Crippen molar-refractivity contribution in [2.75, 3.05) is 6.61 Å². The van der Waals surface area contributed by atoms with Gasteiger partial charge in [-0.2, -0.15) is 0 Å². The number of hydrogen-bond donors (Lipinski definition) is 1. The van der Waals surface area contributed by atoms with Gasteiger partial charge in [0.05, 0.1) is 0 Å². The van der Waals surface area contributed by atoms with Gasteiger partial charge in [0.1, 0.15) is 0 Å². The van der Waals surface area contributed by atoms with Crippen LogP contribution < -0.4 is 9.47 Å². The second-order valence-corrected chi connectivity index (χ2v) is 3.92. The lowest BCUT2D eigenvalue weighted by Gasteiger charge is -2.32. The standard InChI is InChI=1S/C11H14O3/c1-7-4-5-8(2)10-9(7)13-6-11(3,12)14-10/h4-5,12H,6H2,1-3H3. The molecule has 3 heteroatoms. The highest BCUT2D eigenvalue weighted by molar-refractivity contribution is 5.52. The van der Waals surface area contributed by atoms with Crippen LogP contribution in [0.2, 0.25) is 0 Å². The van der Waals surface area contributed by atoms with E-state index in [1.54, 1.807) is 6.92 Å². The van der Waals surface area contributed by atoms with Gasteiger partial charge in [0, 0.05) is 6.92 Å². The van der Waals surface area contributed by atoms with Crippen LogP contribution in [-0.4, -0.2) is 17.5 Å². The van der Waals surface area contributed by atoms with Gasteiger partial charge in [-0.05, 0) is 25.0 Å². The molecular weight excluding hydrogens is 180 g/mol. The third kappa shape index (κ3) is 1.44. The topological polar surface area (TPSA) is 38.7 Å². The summed E-state index contributed by atoms with van der Waals surface area (Å²) in [6.45, 7) is 5.66. The molecule has 1 aromatic rings. The van der Waals surface area contributed by atoms with E-state index in [9.17, 15) is 5.11 Å². The fraction of sp³-hybridized carbons (Fsp3) is 0.455. The molecule has 14 heavy (non-hydrogen) atoms. The summed E-state index contributed by atoms with van der Waals surface area (Å²) in [5, 5.41) is 9.69. The van der Waals surface area contributed by atoms with Gasteiger partial charge >= 0.3 is 0 Å². The summed E-state index contributed by atoms with van der Waals surface area (Å²) in [5.74, 6) is 0.184. The van der Waals surface area contributed by atoms with Crippen molar-refractivity contribution in [3.63, 3.8) is 0 Å². The van der Waals surface area contributed by atoms with Gasteiger partial charge in [0.2, 0.25) is 5.79 Å². The Balaban J connectivity index is 2.51. The maximum Gasteiger partial charge on any atom is 0.239 e. The molecule has 0 aliphatic carbocycles. The third-order valence-corrected chi connectivity index (χ3v) is 2.31. The monoisotopic (exact) mass is 194 g/mol. The minimum absolute atomic E-state index is 0.171. The zero-order valence-electron chi connectivity index (χ0n) is 8.63. The minimum Gasteiger partial charge on any atom is -0.483 e. The number of aryl methyl sites for hydroxylation is 2. The van der Waals surface area contributed by atoms with Gasteiger partial charge in [-0.3, -0.25) is 0 Å². The van der Waals surface area contributed by atoms with Gasteiger partial charge in [0.25, 0.3) is 0 Å². The van der Waals surface area contributed by atoms with Gasteiger partial charge in [-0.1, -0.05) is 12.1 Å². The number of ether oxygens (including phenoxy) is 2. The molecule has 1 aromatic carbocycles. The molecule has 0 bridgehead atoms. The molecule has 0 aromatic heterocycles. The van der Waals surface area contributed by atoms with Crippen molar-refractivity contribution in [1.29, 1.82) is 0 Å². The Bertz CT molecular complexity index is 369. The molecule has 2 rings (SSSR count). The van der Waals surface area contributed by atoms with Crippen LogP contribution in [0.25, 0.3) is 0 Å². The van der Waals surface area contributed by atoms with Crippen LogP contribution >= 0.6 is 0 Å². The zero-order valence-corrected chi connectivity index (χ0v) is 8.63. The first-order valence-corrected chi connectivity index (χ1v) is 4.64. The first-order chi connectivity index (χ1) is 6.49. The fourth-order valence-corrected chi connectivity index (χ4v) is 1.52. The summed E-state index contributed by atoms with van der Waals surface area (Å²) in [6, 6.07) is 3.94. The van der Waals surface area contributed by atoms with Crippen LogP contribution in [0.5, 0.6) is 11.5 Å². The van der Waals surface area contributed by atoms with E-state index in [0.29, 0.717) is 5.75 Å². The Morgan fingerprint density at radius 3 is 2.43 bits per heavy atom. The van der Waals surface area contributed by atoms with E-state index in [-0.39, 0.29) is 6.61 Å². The fourth-order valence-electron chi connectivity index (χ4n) is 1.52. The summed E-state index contributed by atoms with van der Waals surface area (Å²) in [4.78, 5) is 0. The molecule has 0 saturated carbocycles. The molecule has 0 spiro atoms. The molecule has 1 aliphatic rings. The quantitative estimate of drug-likeness (QED) is 0.684. The number of rotatable bonds is 0. The summed E-state index contributed by atoms with van der Waals surface area (Å²) < 4.78 is 10.9. The zero-order chi connectivity index (χ0) is 10.3. The van der Waals surface area contributed by atoms with E-state index in [2.05, 4.69) is 0 Å². The Morgan fingerprint density at radius 2 is 1.79 bits per heavy atom. The number of hydrogen-bond acceptors (Lipinski definition) is 3. The molecule has 0 fully saturated rings. The molecular formula is C11H14O3. The number of aliphatic hydroxyl groups is 1. The van der Waals surface area contributed by atoms with E-state index in [1.807, 2.05) is 26.0 Å². The highest BCUT2D eigenvalue weighted by atomic mass is 16.7. The predicted octanol–water partition coefficient (Wildman–Crippen LogP) is 1.78. The number of benzene rings is 1. The second kappa shape index (κ2) is 2.89. The molecule has 1 unspecified atom stereocenters. The van der Waals surface area contributed by atoms with E-state index in [0.717, 1.165) is 16.9 Å². The van der Waals surface area contributed by atoms with Crippen molar-refractivity contribution in [3.05, 3.63) is 23.3 Å². The SMILES string of the molecule is Cc1ccc(C)c2c1OCC(C)(O)O2. The first-order valence-electron chi connectivity index (χ1n) is 4.64. The van der Waals surface area contributed by atoms with Gasteiger partial charge in [-0.15, -0.1) is 0 Å². The lowest BCUT2D eigenvalue weighted by Crippen LogP contribution is -2.42. The van der Waals surface area contributed by atoms with Crippen LogP contribution in [0.4, 0.5) is 0 Å². The lowest BCUT2D eigenvalue weighted by molar-refractivity contribution is -0.160. The highest BCUT2D eigenvalue weighted by Crippen LogP contribution is 2.39. The van der Waals surface area contributed by atoms with Crippen molar-refractivity contribution in [1.82, 2.24) is 0 Å². The van der Waals surface area contributed by atoms with Crippen molar-refractivity contribution in [2.24, 2.45) is 0 Å². The van der Waals surface area contributed by atoms with Gasteiger partial charge < -0.3 is 14.6 Å². The van der Waals surface area contributed by atoms with E-state index in [1.165, 1.54) is 0 Å². The molecule has 1 N–H and O–H groups in total. The average molecular weight is 194 g/mol. The molecule has 0 amide bonds. The summed E-state index contributed by atoms with van der Waals surface area (Å²) in [6.07, 6.45) is 0. The van der Waals surface area contributed by atoms with Gasteiger partial charge in [-0.25, -0.2) is 0 Å². The predicted molar refractivity (Wildman–Crippen MR) is 52.7 cm³/mol. The first kappa shape index (κ1) is 9.34. The van der Waals surface area contributed by atoms with Crippen molar-refractivity contribution in [2.45, 2.75) is 26.6 Å². The van der Waals surface area contributed by atoms with E-state index in [4.69, 9.17) is 9.47 Å². The average Bonchev–Trinajstić information content (AvgIpc) is 2.10. The van der Waals surface area contributed by atoms with Crippen LogP contribution in [0.1, 0.15) is 18.1 Å². The summed E-state index contributed by atoms with van der Waals surface area (Å²) in [5.41, 5.74) is 2.01. The molecule has 1 aliphatic heterocycles. The summed E-state index contributed by atoms with van der Waals surface area (Å²) in [7, 11) is 0. The van der Waals surface area contributed by atoms with E-state index < -0.39 is 5.79 Å². The minimum atomic E-state index is -1.22. The van der Waals surface area contributed by atoms with Gasteiger partial charge in [0.15, 0.2) is 18.1 Å².